The molecule has 0 aliphatic carbocycles. The fourth-order valence-electron chi connectivity index (χ4n) is 2.82. The number of hydrogen-bond donors (Lipinski definition) is 0. The molecule has 0 saturated carbocycles. The van der Waals surface area contributed by atoms with Crippen LogP contribution in [0.4, 0.5) is 5.82 Å². The number of pyridine rings is 1. The Labute approximate surface area is 120 Å². The molecule has 0 bridgehead atoms. The minimum absolute atomic E-state index is 0.312. The zero-order valence-corrected chi connectivity index (χ0v) is 12.5. The van der Waals surface area contributed by atoms with Gasteiger partial charge >= 0.3 is 5.97 Å². The van der Waals surface area contributed by atoms with Gasteiger partial charge in [0.1, 0.15) is 5.82 Å². The largest absolute Gasteiger partial charge is 0.465 e. The average molecular weight is 277 g/mol. The summed E-state index contributed by atoms with van der Waals surface area (Å²) in [5.74, 6) is 0.552. The van der Waals surface area contributed by atoms with Gasteiger partial charge in [0.25, 0.3) is 0 Å². The maximum atomic E-state index is 11.6. The van der Waals surface area contributed by atoms with E-state index in [2.05, 4.69) is 28.6 Å². The second kappa shape index (κ2) is 6.70. The molecule has 110 valence electrons. The Kier molecular flexibility index (Phi) is 4.95. The van der Waals surface area contributed by atoms with Crippen molar-refractivity contribution in [3.63, 3.8) is 0 Å². The predicted molar refractivity (Wildman–Crippen MR) is 79.1 cm³/mol. The number of aromatic nitrogens is 1. The number of esters is 1. The molecule has 2 heterocycles. The van der Waals surface area contributed by atoms with E-state index < -0.39 is 0 Å². The molecule has 1 atom stereocenters. The van der Waals surface area contributed by atoms with Crippen LogP contribution in [0, 0.1) is 0 Å². The molecule has 0 N–H and O–H groups in total. The van der Waals surface area contributed by atoms with Gasteiger partial charge < -0.3 is 9.64 Å². The zero-order chi connectivity index (χ0) is 14.5. The Bertz CT molecular complexity index is 460. The van der Waals surface area contributed by atoms with Crippen LogP contribution >= 0.6 is 0 Å². The lowest BCUT2D eigenvalue weighted by molar-refractivity contribution is 0.0600. The molecule has 1 aromatic heterocycles. The van der Waals surface area contributed by atoms with E-state index in [4.69, 9.17) is 4.74 Å². The number of ether oxygens (including phenoxy) is 1. The molecule has 1 aliphatic rings. The number of likely N-dealkylation sites (N-methyl/N-ethyl adjacent to an activating group) is 1. The summed E-state index contributed by atoms with van der Waals surface area (Å²) in [6.45, 7) is 8.50. The third-order valence-electron chi connectivity index (χ3n) is 3.98. The summed E-state index contributed by atoms with van der Waals surface area (Å²) in [5, 5.41) is 0. The summed E-state index contributed by atoms with van der Waals surface area (Å²) in [6, 6.07) is 4.08. The van der Waals surface area contributed by atoms with E-state index in [0.717, 1.165) is 38.4 Å². The molecule has 2 rings (SSSR count). The molecule has 5 nitrogen and oxygen atoms in total. The van der Waals surface area contributed by atoms with E-state index in [-0.39, 0.29) is 5.97 Å². The fraction of sp³-hybridized carbons (Fsp3) is 0.600. The Balaban J connectivity index is 2.08. The molecule has 0 aromatic carbocycles. The molecule has 1 aliphatic heterocycles. The first-order chi connectivity index (χ1) is 9.69. The van der Waals surface area contributed by atoms with Crippen molar-refractivity contribution in [3.05, 3.63) is 23.9 Å². The highest BCUT2D eigenvalue weighted by molar-refractivity contribution is 5.90. The lowest BCUT2D eigenvalue weighted by Crippen LogP contribution is -2.37. The topological polar surface area (TPSA) is 45.7 Å². The van der Waals surface area contributed by atoms with Crippen LogP contribution in [-0.4, -0.2) is 55.2 Å². The first-order valence-corrected chi connectivity index (χ1v) is 7.23. The van der Waals surface area contributed by atoms with Crippen LogP contribution in [0.1, 0.15) is 30.6 Å². The van der Waals surface area contributed by atoms with Crippen LogP contribution < -0.4 is 4.90 Å². The van der Waals surface area contributed by atoms with Crippen molar-refractivity contribution >= 4 is 11.8 Å². The summed E-state index contributed by atoms with van der Waals surface area (Å²) in [4.78, 5) is 20.7. The molecular weight excluding hydrogens is 254 g/mol. The Morgan fingerprint density at radius 3 is 2.90 bits per heavy atom. The highest BCUT2D eigenvalue weighted by Gasteiger charge is 2.27. The van der Waals surface area contributed by atoms with Crippen molar-refractivity contribution in [2.75, 3.05) is 38.2 Å². The van der Waals surface area contributed by atoms with E-state index in [0.29, 0.717) is 11.6 Å². The highest BCUT2D eigenvalue weighted by atomic mass is 16.5. The molecule has 0 radical (unpaired) electrons. The maximum Gasteiger partial charge on any atom is 0.338 e. The average Bonchev–Trinajstić information content (AvgIpc) is 2.97. The SMILES string of the molecule is CCN(CC)C1CCN(c2cc(C(=O)OC)ccn2)C1. The van der Waals surface area contributed by atoms with Crippen LogP contribution in [0.25, 0.3) is 0 Å². The first kappa shape index (κ1) is 14.8. The Hall–Kier alpha value is -1.62. The molecule has 1 fully saturated rings. The number of anilines is 1. The minimum atomic E-state index is -0.312. The number of rotatable bonds is 5. The van der Waals surface area contributed by atoms with Gasteiger partial charge in [0, 0.05) is 25.3 Å². The molecule has 0 spiro atoms. The predicted octanol–water partition coefficient (Wildman–Crippen LogP) is 1.79. The van der Waals surface area contributed by atoms with E-state index in [1.54, 1.807) is 12.3 Å². The number of carbonyl (C=O) groups excluding carboxylic acids is 1. The van der Waals surface area contributed by atoms with Gasteiger partial charge in [0.15, 0.2) is 0 Å². The van der Waals surface area contributed by atoms with Gasteiger partial charge in [-0.05, 0) is 31.6 Å². The Morgan fingerprint density at radius 2 is 2.25 bits per heavy atom. The van der Waals surface area contributed by atoms with Crippen molar-refractivity contribution in [3.8, 4) is 0 Å². The first-order valence-electron chi connectivity index (χ1n) is 7.23. The van der Waals surface area contributed by atoms with Crippen molar-refractivity contribution < 1.29 is 9.53 Å². The van der Waals surface area contributed by atoms with Crippen LogP contribution in [0.15, 0.2) is 18.3 Å². The smallest absolute Gasteiger partial charge is 0.338 e. The Morgan fingerprint density at radius 1 is 1.50 bits per heavy atom. The van der Waals surface area contributed by atoms with Gasteiger partial charge in [-0.3, -0.25) is 4.90 Å². The van der Waals surface area contributed by atoms with Crippen molar-refractivity contribution in [1.82, 2.24) is 9.88 Å². The van der Waals surface area contributed by atoms with E-state index in [9.17, 15) is 4.79 Å². The summed E-state index contributed by atoms with van der Waals surface area (Å²) in [7, 11) is 1.40. The lowest BCUT2D eigenvalue weighted by Gasteiger charge is -2.26. The highest BCUT2D eigenvalue weighted by Crippen LogP contribution is 2.22. The molecule has 1 saturated heterocycles. The van der Waals surface area contributed by atoms with Crippen LogP contribution in [0.3, 0.4) is 0 Å². The number of methoxy groups -OCH3 is 1. The molecule has 0 amide bonds. The molecular formula is C15H23N3O2. The molecule has 20 heavy (non-hydrogen) atoms. The second-order valence-corrected chi connectivity index (χ2v) is 5.00. The van der Waals surface area contributed by atoms with Crippen LogP contribution in [0.2, 0.25) is 0 Å². The van der Waals surface area contributed by atoms with Gasteiger partial charge in [-0.2, -0.15) is 0 Å². The number of nitrogens with zero attached hydrogens (tertiary/aromatic N) is 3. The van der Waals surface area contributed by atoms with Gasteiger partial charge in [-0.1, -0.05) is 13.8 Å². The quantitative estimate of drug-likeness (QED) is 0.768. The minimum Gasteiger partial charge on any atom is -0.465 e. The molecule has 5 heteroatoms. The molecule has 1 unspecified atom stereocenters. The third-order valence-corrected chi connectivity index (χ3v) is 3.98. The zero-order valence-electron chi connectivity index (χ0n) is 12.5. The fourth-order valence-corrected chi connectivity index (χ4v) is 2.82. The van der Waals surface area contributed by atoms with Crippen molar-refractivity contribution in [2.45, 2.75) is 26.3 Å². The third kappa shape index (κ3) is 3.10. The van der Waals surface area contributed by atoms with Crippen LogP contribution in [0.5, 0.6) is 0 Å². The van der Waals surface area contributed by atoms with Crippen molar-refractivity contribution in [2.24, 2.45) is 0 Å². The van der Waals surface area contributed by atoms with Gasteiger partial charge in [-0.15, -0.1) is 0 Å². The van der Waals surface area contributed by atoms with Gasteiger partial charge in [0.2, 0.25) is 0 Å². The number of carbonyl (C=O) groups is 1. The normalized spacial score (nSPS) is 18.6. The van der Waals surface area contributed by atoms with E-state index in [1.807, 2.05) is 6.07 Å². The summed E-state index contributed by atoms with van der Waals surface area (Å²) in [5.41, 5.74) is 0.559. The maximum absolute atomic E-state index is 11.6. The summed E-state index contributed by atoms with van der Waals surface area (Å²) < 4.78 is 4.75. The number of hydrogen-bond acceptors (Lipinski definition) is 5. The lowest BCUT2D eigenvalue weighted by atomic mass is 10.2. The monoisotopic (exact) mass is 277 g/mol. The van der Waals surface area contributed by atoms with Crippen LogP contribution in [-0.2, 0) is 4.74 Å². The molecule has 1 aromatic rings. The van der Waals surface area contributed by atoms with E-state index in [1.165, 1.54) is 7.11 Å². The van der Waals surface area contributed by atoms with Gasteiger partial charge in [0.05, 0.1) is 12.7 Å². The summed E-state index contributed by atoms with van der Waals surface area (Å²) in [6.07, 6.45) is 2.82. The second-order valence-electron chi connectivity index (χ2n) is 5.00. The van der Waals surface area contributed by atoms with E-state index >= 15 is 0 Å². The summed E-state index contributed by atoms with van der Waals surface area (Å²) >= 11 is 0. The van der Waals surface area contributed by atoms with Gasteiger partial charge in [-0.25, -0.2) is 9.78 Å². The van der Waals surface area contributed by atoms with Crippen molar-refractivity contribution in [1.29, 1.82) is 0 Å². The standard InChI is InChI=1S/C15H23N3O2/c1-4-17(5-2)13-7-9-18(11-13)14-10-12(6-8-16-14)15(19)20-3/h6,8,10,13H,4-5,7,9,11H2,1-3H3.